The van der Waals surface area contributed by atoms with E-state index in [1.165, 1.54) is 4.90 Å². The molecule has 2 bridgehead atoms. The number of benzene rings is 3. The van der Waals surface area contributed by atoms with Crippen molar-refractivity contribution in [1.29, 1.82) is 0 Å². The number of ether oxygens (including phenoxy) is 1. The van der Waals surface area contributed by atoms with Gasteiger partial charge >= 0.3 is 0 Å². The van der Waals surface area contributed by atoms with Crippen LogP contribution < -0.4 is 10.6 Å². The van der Waals surface area contributed by atoms with E-state index in [1.54, 1.807) is 12.1 Å². The highest BCUT2D eigenvalue weighted by atomic mass is 16.5. The number of carbonyl (C=O) groups excluding carboxylic acids is 3. The van der Waals surface area contributed by atoms with Crippen LogP contribution in [0.4, 0.5) is 11.4 Å². The van der Waals surface area contributed by atoms with Crippen LogP contribution in [0.3, 0.4) is 0 Å². The lowest BCUT2D eigenvalue weighted by Gasteiger charge is -2.37. The molecular formula is C34H37N3O5. The van der Waals surface area contributed by atoms with Gasteiger partial charge in [0.25, 0.3) is 0 Å². The van der Waals surface area contributed by atoms with E-state index in [9.17, 15) is 19.5 Å². The largest absolute Gasteiger partial charge is 0.394 e. The summed E-state index contributed by atoms with van der Waals surface area (Å²) in [5.74, 6) is -2.69. The summed E-state index contributed by atoms with van der Waals surface area (Å²) < 4.78 is 6.88. The number of aliphatic hydroxyl groups excluding tert-OH is 1. The van der Waals surface area contributed by atoms with E-state index in [1.807, 2.05) is 87.5 Å². The summed E-state index contributed by atoms with van der Waals surface area (Å²) in [4.78, 5) is 44.5. The molecule has 6 atom stereocenters. The number of aliphatic hydroxyl groups is 1. The molecule has 2 unspecified atom stereocenters. The van der Waals surface area contributed by atoms with E-state index in [2.05, 4.69) is 10.6 Å². The van der Waals surface area contributed by atoms with E-state index < -0.39 is 35.1 Å². The second kappa shape index (κ2) is 10.7. The van der Waals surface area contributed by atoms with Crippen LogP contribution >= 0.6 is 0 Å². The third kappa shape index (κ3) is 4.32. The first-order valence-electron chi connectivity index (χ1n) is 14.7. The van der Waals surface area contributed by atoms with Crippen LogP contribution in [0.2, 0.25) is 0 Å². The summed E-state index contributed by atoms with van der Waals surface area (Å²) in [7, 11) is 0. The summed E-state index contributed by atoms with van der Waals surface area (Å²) >= 11 is 0. The quantitative estimate of drug-likeness (QED) is 0.364. The highest BCUT2D eigenvalue weighted by molar-refractivity contribution is 6.05. The number of hydrogen-bond donors (Lipinski definition) is 3. The van der Waals surface area contributed by atoms with Crippen molar-refractivity contribution < 1.29 is 24.2 Å². The molecule has 8 nitrogen and oxygen atoms in total. The lowest BCUT2D eigenvalue weighted by molar-refractivity contribution is -0.148. The molecule has 3 saturated heterocycles. The number of para-hydroxylation sites is 1. The van der Waals surface area contributed by atoms with Crippen molar-refractivity contribution >= 4 is 29.1 Å². The maximum Gasteiger partial charge on any atom is 0.250 e. The molecule has 0 aliphatic carbocycles. The maximum atomic E-state index is 14.6. The second-order valence-electron chi connectivity index (χ2n) is 11.9. The van der Waals surface area contributed by atoms with Crippen LogP contribution in [0.1, 0.15) is 48.9 Å². The molecule has 3 aliphatic heterocycles. The van der Waals surface area contributed by atoms with Crippen LogP contribution in [0.15, 0.2) is 78.9 Å². The molecule has 3 aromatic rings. The van der Waals surface area contributed by atoms with Crippen molar-refractivity contribution in [3.05, 3.63) is 95.6 Å². The Kier molecular flexibility index (Phi) is 7.15. The highest BCUT2D eigenvalue weighted by Gasteiger charge is 2.79. The number of rotatable bonds is 8. The van der Waals surface area contributed by atoms with Crippen LogP contribution in [0.5, 0.6) is 0 Å². The van der Waals surface area contributed by atoms with E-state index in [0.717, 1.165) is 11.1 Å². The van der Waals surface area contributed by atoms with Gasteiger partial charge in [0.1, 0.15) is 11.6 Å². The maximum absolute atomic E-state index is 14.6. The van der Waals surface area contributed by atoms with Crippen LogP contribution in [-0.4, -0.2) is 51.6 Å². The monoisotopic (exact) mass is 567 g/mol. The summed E-state index contributed by atoms with van der Waals surface area (Å²) in [6, 6.07) is 22.4. The average Bonchev–Trinajstić information content (AvgIpc) is 3.60. The first-order valence-corrected chi connectivity index (χ1v) is 14.7. The summed E-state index contributed by atoms with van der Waals surface area (Å²) in [5.41, 5.74) is 1.80. The Morgan fingerprint density at radius 2 is 1.67 bits per heavy atom. The first-order chi connectivity index (χ1) is 20.2. The van der Waals surface area contributed by atoms with Gasteiger partial charge in [-0.25, -0.2) is 0 Å². The molecule has 8 heteroatoms. The smallest absolute Gasteiger partial charge is 0.250 e. The third-order valence-electron chi connectivity index (χ3n) is 9.53. The SMILES string of the molecule is CC[C@]12CCC3(O1)C(C(=O)Nc1cc(C)ccc1C)N([C@H](CO)c1ccccc1)C(=O)[C@@H]3[C@H]2C(=O)Nc1ccccc1. The first kappa shape index (κ1) is 28.1. The van der Waals surface area contributed by atoms with Gasteiger partial charge in [-0.15, -0.1) is 0 Å². The Labute approximate surface area is 246 Å². The Morgan fingerprint density at radius 3 is 2.33 bits per heavy atom. The fraction of sp³-hybridized carbons (Fsp3) is 0.382. The molecule has 3 aromatic carbocycles. The normalized spacial score (nSPS) is 28.4. The molecule has 1 spiro atoms. The number of carbonyl (C=O) groups is 3. The summed E-state index contributed by atoms with van der Waals surface area (Å²) in [6.07, 6.45) is 1.54. The van der Waals surface area contributed by atoms with Gasteiger partial charge in [-0.05, 0) is 68.0 Å². The van der Waals surface area contributed by atoms with Gasteiger partial charge in [0, 0.05) is 11.4 Å². The molecule has 3 heterocycles. The number of aryl methyl sites for hydroxylation is 2. The number of likely N-dealkylation sites (tertiary alicyclic amines) is 1. The van der Waals surface area contributed by atoms with Gasteiger partial charge < -0.3 is 25.4 Å². The van der Waals surface area contributed by atoms with Crippen molar-refractivity contribution in [2.24, 2.45) is 11.8 Å². The molecule has 3 fully saturated rings. The van der Waals surface area contributed by atoms with Gasteiger partial charge in [0.05, 0.1) is 30.1 Å². The third-order valence-corrected chi connectivity index (χ3v) is 9.53. The zero-order chi connectivity index (χ0) is 29.6. The molecule has 6 rings (SSSR count). The Balaban J connectivity index is 1.45. The van der Waals surface area contributed by atoms with Gasteiger partial charge in [0.2, 0.25) is 17.7 Å². The van der Waals surface area contributed by atoms with Crippen LogP contribution in [0.25, 0.3) is 0 Å². The molecule has 3 N–H and O–H groups in total. The number of nitrogens with one attached hydrogen (secondary N) is 2. The number of anilines is 2. The zero-order valence-electron chi connectivity index (χ0n) is 24.2. The molecule has 0 saturated carbocycles. The number of amides is 3. The van der Waals surface area contributed by atoms with Crippen molar-refractivity contribution in [3.63, 3.8) is 0 Å². The van der Waals surface area contributed by atoms with E-state index in [4.69, 9.17) is 4.74 Å². The predicted molar refractivity (Wildman–Crippen MR) is 160 cm³/mol. The number of hydrogen-bond acceptors (Lipinski definition) is 5. The van der Waals surface area contributed by atoms with Crippen LogP contribution in [0, 0.1) is 25.7 Å². The Morgan fingerprint density at radius 1 is 0.976 bits per heavy atom. The lowest BCUT2D eigenvalue weighted by Crippen LogP contribution is -2.54. The molecule has 218 valence electrons. The van der Waals surface area contributed by atoms with Crippen molar-refractivity contribution in [2.75, 3.05) is 17.2 Å². The van der Waals surface area contributed by atoms with Crippen molar-refractivity contribution in [2.45, 2.75) is 63.3 Å². The van der Waals surface area contributed by atoms with Crippen molar-refractivity contribution in [1.82, 2.24) is 4.90 Å². The molecular weight excluding hydrogens is 530 g/mol. The zero-order valence-corrected chi connectivity index (χ0v) is 24.2. The molecule has 0 radical (unpaired) electrons. The van der Waals surface area contributed by atoms with E-state index in [0.29, 0.717) is 36.2 Å². The van der Waals surface area contributed by atoms with Crippen LogP contribution in [-0.2, 0) is 19.1 Å². The van der Waals surface area contributed by atoms with Gasteiger partial charge in [-0.2, -0.15) is 0 Å². The minimum Gasteiger partial charge on any atom is -0.394 e. The fourth-order valence-corrected chi connectivity index (χ4v) is 7.53. The molecule has 42 heavy (non-hydrogen) atoms. The minimum absolute atomic E-state index is 0.293. The molecule has 0 aromatic heterocycles. The number of nitrogens with zero attached hydrogens (tertiary/aromatic N) is 1. The summed E-state index contributed by atoms with van der Waals surface area (Å²) in [6.45, 7) is 5.46. The lowest BCUT2D eigenvalue weighted by atomic mass is 9.65. The Hall–Kier alpha value is -4.01. The fourth-order valence-electron chi connectivity index (χ4n) is 7.53. The minimum atomic E-state index is -1.21. The number of fused-ring (bicyclic) bond motifs is 1. The predicted octanol–water partition coefficient (Wildman–Crippen LogP) is 4.77. The topological polar surface area (TPSA) is 108 Å². The van der Waals surface area contributed by atoms with Gasteiger partial charge in [-0.1, -0.05) is 67.6 Å². The van der Waals surface area contributed by atoms with E-state index >= 15 is 0 Å². The standard InChI is InChI=1S/C34H37N3O5/c1-4-33-17-18-34(42-33)28(27(33)30(39)35-24-13-9-6-10-14-24)32(41)37(26(20-38)23-11-7-5-8-12-23)29(34)31(40)36-25-19-21(2)15-16-22(25)3/h5-16,19,26-29,38H,4,17-18,20H2,1-3H3,(H,35,39)(H,36,40)/t26-,27+,28+,29?,33-,34?/m1/s1. The molecule has 3 amide bonds. The Bertz CT molecular complexity index is 1510. The second-order valence-corrected chi connectivity index (χ2v) is 11.9. The van der Waals surface area contributed by atoms with Gasteiger partial charge in [0.15, 0.2) is 0 Å². The van der Waals surface area contributed by atoms with Crippen molar-refractivity contribution in [3.8, 4) is 0 Å². The van der Waals surface area contributed by atoms with E-state index in [-0.39, 0.29) is 24.3 Å². The molecule has 3 aliphatic rings. The highest BCUT2D eigenvalue weighted by Crippen LogP contribution is 2.65. The summed E-state index contributed by atoms with van der Waals surface area (Å²) in [5, 5.41) is 16.8. The van der Waals surface area contributed by atoms with Gasteiger partial charge in [-0.3, -0.25) is 14.4 Å². The average molecular weight is 568 g/mol.